The van der Waals surface area contributed by atoms with Gasteiger partial charge in [0, 0.05) is 13.1 Å². The first-order valence-corrected chi connectivity index (χ1v) is 7.55. The van der Waals surface area contributed by atoms with Crippen molar-refractivity contribution in [3.63, 3.8) is 0 Å². The zero-order valence-electron chi connectivity index (χ0n) is 14.2. The minimum Gasteiger partial charge on any atom is -0.337 e. The Labute approximate surface area is 124 Å². The summed E-state index contributed by atoms with van der Waals surface area (Å²) in [5.41, 5.74) is -0.793. The second-order valence-corrected chi connectivity index (χ2v) is 7.00. The van der Waals surface area contributed by atoms with E-state index in [-0.39, 0.29) is 11.8 Å². The molecule has 0 heterocycles. The molecule has 0 aromatic carbocycles. The van der Waals surface area contributed by atoms with E-state index in [0.717, 1.165) is 13.1 Å². The number of rotatable bonds is 8. The molecule has 0 fully saturated rings. The van der Waals surface area contributed by atoms with Crippen LogP contribution in [0.25, 0.3) is 0 Å². The first-order chi connectivity index (χ1) is 9.10. The van der Waals surface area contributed by atoms with Crippen LogP contribution in [-0.2, 0) is 4.79 Å². The Morgan fingerprint density at radius 1 is 1.15 bits per heavy atom. The highest BCUT2D eigenvalue weighted by atomic mass is 16.2. The molecule has 0 saturated carbocycles. The molecule has 0 aromatic rings. The fourth-order valence-electron chi connectivity index (χ4n) is 2.07. The van der Waals surface area contributed by atoms with Crippen LogP contribution in [0, 0.1) is 29.1 Å². The maximum absolute atomic E-state index is 12.2. The van der Waals surface area contributed by atoms with E-state index in [2.05, 4.69) is 44.0 Å². The highest BCUT2D eigenvalue weighted by molar-refractivity contribution is 5.79. The Hall–Kier alpha value is -1.08. The number of hydrogen-bond donors (Lipinski definition) is 1. The van der Waals surface area contributed by atoms with Gasteiger partial charge in [0.15, 0.2) is 0 Å². The quantitative estimate of drug-likeness (QED) is 0.744. The van der Waals surface area contributed by atoms with Crippen LogP contribution < -0.4 is 5.32 Å². The largest absolute Gasteiger partial charge is 0.337 e. The monoisotopic (exact) mass is 281 g/mol. The van der Waals surface area contributed by atoms with Crippen molar-refractivity contribution in [1.82, 2.24) is 10.2 Å². The SMILES string of the molecule is CC(C)CN(CC(=O)NC(C)(C#N)C(C)C)CC(C)C. The molecule has 0 bridgehead atoms. The van der Waals surface area contributed by atoms with Crippen molar-refractivity contribution in [2.75, 3.05) is 19.6 Å². The average Bonchev–Trinajstić information content (AvgIpc) is 2.26. The van der Waals surface area contributed by atoms with Gasteiger partial charge in [-0.2, -0.15) is 5.26 Å². The lowest BCUT2D eigenvalue weighted by Gasteiger charge is -2.30. The van der Waals surface area contributed by atoms with Gasteiger partial charge in [-0.05, 0) is 24.7 Å². The maximum atomic E-state index is 12.2. The third-order valence-corrected chi connectivity index (χ3v) is 3.40. The molecule has 4 nitrogen and oxygen atoms in total. The van der Waals surface area contributed by atoms with Crippen LogP contribution in [0.3, 0.4) is 0 Å². The zero-order chi connectivity index (χ0) is 15.9. The number of nitrogens with one attached hydrogen (secondary N) is 1. The van der Waals surface area contributed by atoms with E-state index in [1.54, 1.807) is 6.92 Å². The number of nitriles is 1. The second kappa shape index (κ2) is 8.26. The van der Waals surface area contributed by atoms with Crippen molar-refractivity contribution in [1.29, 1.82) is 5.26 Å². The van der Waals surface area contributed by atoms with Gasteiger partial charge < -0.3 is 5.32 Å². The van der Waals surface area contributed by atoms with Gasteiger partial charge in [0.25, 0.3) is 0 Å². The standard InChI is InChI=1S/C16H31N3O/c1-12(2)8-19(9-13(3)4)10-15(20)18-16(7,11-17)14(5)6/h12-14H,8-10H2,1-7H3,(H,18,20). The normalized spacial score (nSPS) is 14.7. The minimum absolute atomic E-state index is 0.0657. The highest BCUT2D eigenvalue weighted by Gasteiger charge is 2.30. The summed E-state index contributed by atoms with van der Waals surface area (Å²) < 4.78 is 0. The number of carbonyl (C=O) groups excluding carboxylic acids is 1. The van der Waals surface area contributed by atoms with Crippen molar-refractivity contribution in [2.24, 2.45) is 17.8 Å². The predicted octanol–water partition coefficient (Wildman–Crippen LogP) is 2.65. The molecule has 116 valence electrons. The predicted molar refractivity (Wildman–Crippen MR) is 83.1 cm³/mol. The van der Waals surface area contributed by atoms with Crippen LogP contribution in [0.5, 0.6) is 0 Å². The fraction of sp³-hybridized carbons (Fsp3) is 0.875. The molecule has 4 heteroatoms. The third kappa shape index (κ3) is 6.91. The average molecular weight is 281 g/mol. The Morgan fingerprint density at radius 2 is 1.60 bits per heavy atom. The molecular weight excluding hydrogens is 250 g/mol. The van der Waals surface area contributed by atoms with Crippen molar-refractivity contribution < 1.29 is 4.79 Å². The van der Waals surface area contributed by atoms with E-state index < -0.39 is 5.54 Å². The summed E-state index contributed by atoms with van der Waals surface area (Å²) in [5, 5.41) is 12.1. The molecule has 0 aromatic heterocycles. The number of hydrogen-bond acceptors (Lipinski definition) is 3. The Kier molecular flexibility index (Phi) is 7.82. The van der Waals surface area contributed by atoms with E-state index in [0.29, 0.717) is 18.4 Å². The molecule has 0 rings (SSSR count). The van der Waals surface area contributed by atoms with E-state index in [1.807, 2.05) is 13.8 Å². The number of amides is 1. The van der Waals surface area contributed by atoms with Gasteiger partial charge >= 0.3 is 0 Å². The lowest BCUT2D eigenvalue weighted by molar-refractivity contribution is -0.124. The molecule has 0 aliphatic carbocycles. The van der Waals surface area contributed by atoms with Gasteiger partial charge in [-0.25, -0.2) is 0 Å². The summed E-state index contributed by atoms with van der Waals surface area (Å²) in [5.74, 6) is 1.06. The lowest BCUT2D eigenvalue weighted by Crippen LogP contribution is -2.52. The Bertz CT molecular complexity index is 334. The van der Waals surface area contributed by atoms with Gasteiger partial charge in [-0.15, -0.1) is 0 Å². The summed E-state index contributed by atoms with van der Waals surface area (Å²) in [7, 11) is 0. The highest BCUT2D eigenvalue weighted by Crippen LogP contribution is 2.15. The van der Waals surface area contributed by atoms with Crippen LogP contribution in [0.2, 0.25) is 0 Å². The van der Waals surface area contributed by atoms with Gasteiger partial charge in [0.2, 0.25) is 5.91 Å². The first-order valence-electron chi connectivity index (χ1n) is 7.55. The van der Waals surface area contributed by atoms with Gasteiger partial charge in [0.1, 0.15) is 5.54 Å². The zero-order valence-corrected chi connectivity index (χ0v) is 14.2. The fourth-order valence-corrected chi connectivity index (χ4v) is 2.07. The van der Waals surface area contributed by atoms with Crippen molar-refractivity contribution >= 4 is 5.91 Å². The number of carbonyl (C=O) groups is 1. The summed E-state index contributed by atoms with van der Waals surface area (Å²) in [6, 6.07) is 2.21. The summed E-state index contributed by atoms with van der Waals surface area (Å²) in [6.07, 6.45) is 0. The van der Waals surface area contributed by atoms with E-state index in [1.165, 1.54) is 0 Å². The van der Waals surface area contributed by atoms with Crippen LogP contribution in [-0.4, -0.2) is 36.0 Å². The molecule has 0 radical (unpaired) electrons. The molecule has 0 aliphatic rings. The summed E-state index contributed by atoms with van der Waals surface area (Å²) in [6.45, 7) is 16.4. The van der Waals surface area contributed by atoms with Crippen molar-refractivity contribution in [3.8, 4) is 6.07 Å². The van der Waals surface area contributed by atoms with Crippen LogP contribution in [0.1, 0.15) is 48.5 Å². The van der Waals surface area contributed by atoms with E-state index >= 15 is 0 Å². The van der Waals surface area contributed by atoms with E-state index in [4.69, 9.17) is 0 Å². The molecule has 1 unspecified atom stereocenters. The van der Waals surface area contributed by atoms with Gasteiger partial charge in [-0.1, -0.05) is 41.5 Å². The topological polar surface area (TPSA) is 56.1 Å². The smallest absolute Gasteiger partial charge is 0.235 e. The van der Waals surface area contributed by atoms with Crippen LogP contribution in [0.15, 0.2) is 0 Å². The molecular formula is C16H31N3O. The number of nitrogens with zero attached hydrogens (tertiary/aromatic N) is 2. The minimum atomic E-state index is -0.793. The van der Waals surface area contributed by atoms with Crippen molar-refractivity contribution in [2.45, 2.75) is 54.0 Å². The van der Waals surface area contributed by atoms with Crippen molar-refractivity contribution in [3.05, 3.63) is 0 Å². The molecule has 0 spiro atoms. The Balaban J connectivity index is 4.64. The molecule has 1 amide bonds. The van der Waals surface area contributed by atoms with Gasteiger partial charge in [-0.3, -0.25) is 9.69 Å². The first kappa shape index (κ1) is 18.9. The molecule has 0 aliphatic heterocycles. The Morgan fingerprint density at radius 3 is 1.90 bits per heavy atom. The van der Waals surface area contributed by atoms with Crippen LogP contribution >= 0.6 is 0 Å². The molecule has 1 N–H and O–H groups in total. The van der Waals surface area contributed by atoms with Gasteiger partial charge in [0.05, 0.1) is 12.6 Å². The molecule has 1 atom stereocenters. The molecule has 20 heavy (non-hydrogen) atoms. The molecule has 0 saturated heterocycles. The third-order valence-electron chi connectivity index (χ3n) is 3.40. The van der Waals surface area contributed by atoms with E-state index in [9.17, 15) is 10.1 Å². The summed E-state index contributed by atoms with van der Waals surface area (Å²) in [4.78, 5) is 14.4. The maximum Gasteiger partial charge on any atom is 0.235 e. The summed E-state index contributed by atoms with van der Waals surface area (Å²) >= 11 is 0. The second-order valence-electron chi connectivity index (χ2n) is 7.00. The lowest BCUT2D eigenvalue weighted by atomic mass is 9.90. The van der Waals surface area contributed by atoms with Crippen LogP contribution in [0.4, 0.5) is 0 Å².